The van der Waals surface area contributed by atoms with E-state index in [0.29, 0.717) is 5.69 Å². The first-order chi connectivity index (χ1) is 8.97. The number of nitrogens with one attached hydrogen (secondary N) is 1. The molecule has 0 saturated carbocycles. The van der Waals surface area contributed by atoms with Gasteiger partial charge in [-0.05, 0) is 42.6 Å². The Morgan fingerprint density at radius 2 is 1.95 bits per heavy atom. The predicted molar refractivity (Wildman–Crippen MR) is 78.0 cm³/mol. The average Bonchev–Trinajstić information content (AvgIpc) is 2.89. The van der Waals surface area contributed by atoms with Crippen LogP contribution in [0.3, 0.4) is 0 Å². The lowest BCUT2D eigenvalue weighted by Crippen LogP contribution is -2.11. The molecule has 0 aliphatic rings. The third-order valence-corrected chi connectivity index (χ3v) is 4.32. The Morgan fingerprint density at radius 1 is 1.26 bits per heavy atom. The number of nitrogens with zero attached hydrogens (tertiary/aromatic N) is 1. The fraction of sp³-hybridized carbons (Fsp3) is 0.0833. The Balaban J connectivity index is 2.11. The summed E-state index contributed by atoms with van der Waals surface area (Å²) in [5, 5.41) is 11.2. The number of anilines is 1. The number of benzene rings is 1. The van der Waals surface area contributed by atoms with E-state index in [4.69, 9.17) is 5.14 Å². The van der Waals surface area contributed by atoms with E-state index in [9.17, 15) is 8.42 Å². The SMILES string of the molecule is CC(=NNc1ccc(S(N)(=O)=O)cc1)c1cccs1. The van der Waals surface area contributed by atoms with E-state index in [0.717, 1.165) is 10.6 Å². The van der Waals surface area contributed by atoms with Crippen LogP contribution >= 0.6 is 11.3 Å². The molecule has 3 N–H and O–H groups in total. The Bertz CT molecular complexity index is 674. The summed E-state index contributed by atoms with van der Waals surface area (Å²) in [6.45, 7) is 1.90. The molecule has 100 valence electrons. The zero-order valence-corrected chi connectivity index (χ0v) is 11.8. The zero-order valence-electron chi connectivity index (χ0n) is 10.2. The molecule has 0 fully saturated rings. The summed E-state index contributed by atoms with van der Waals surface area (Å²) in [4.78, 5) is 1.16. The molecule has 0 atom stereocenters. The Morgan fingerprint density at radius 3 is 2.47 bits per heavy atom. The minimum atomic E-state index is -3.65. The lowest BCUT2D eigenvalue weighted by Gasteiger charge is -2.03. The molecule has 1 heterocycles. The standard InChI is InChI=1S/C12H13N3O2S2/c1-9(12-3-2-8-18-12)14-15-10-4-6-11(7-5-10)19(13,16)17/h2-8,15H,1H3,(H2,13,16,17). The average molecular weight is 295 g/mol. The second kappa shape index (κ2) is 5.52. The molecule has 2 aromatic rings. The van der Waals surface area contributed by atoms with Crippen LogP contribution in [0, 0.1) is 0 Å². The molecule has 0 unspecified atom stereocenters. The van der Waals surface area contributed by atoms with Crippen molar-refractivity contribution in [1.82, 2.24) is 0 Å². The van der Waals surface area contributed by atoms with E-state index in [2.05, 4.69) is 10.5 Å². The van der Waals surface area contributed by atoms with Gasteiger partial charge in [-0.3, -0.25) is 5.43 Å². The van der Waals surface area contributed by atoms with Crippen molar-refractivity contribution in [3.63, 3.8) is 0 Å². The topological polar surface area (TPSA) is 84.5 Å². The molecule has 0 saturated heterocycles. The second-order valence-electron chi connectivity index (χ2n) is 3.86. The number of sulfonamides is 1. The van der Waals surface area contributed by atoms with E-state index >= 15 is 0 Å². The van der Waals surface area contributed by atoms with Gasteiger partial charge < -0.3 is 0 Å². The Kier molecular flexibility index (Phi) is 3.98. The molecule has 0 aliphatic carbocycles. The highest BCUT2D eigenvalue weighted by Gasteiger charge is 2.06. The molecule has 0 radical (unpaired) electrons. The lowest BCUT2D eigenvalue weighted by molar-refractivity contribution is 0.598. The maximum Gasteiger partial charge on any atom is 0.238 e. The number of hydrogen-bond donors (Lipinski definition) is 2. The highest BCUT2D eigenvalue weighted by Crippen LogP contribution is 2.14. The first-order valence-electron chi connectivity index (χ1n) is 5.44. The van der Waals surface area contributed by atoms with Gasteiger partial charge in [0.05, 0.1) is 16.3 Å². The van der Waals surface area contributed by atoms with Gasteiger partial charge in [-0.25, -0.2) is 13.6 Å². The van der Waals surface area contributed by atoms with E-state index < -0.39 is 10.0 Å². The van der Waals surface area contributed by atoms with Crippen molar-refractivity contribution in [2.24, 2.45) is 10.2 Å². The van der Waals surface area contributed by atoms with Gasteiger partial charge >= 0.3 is 0 Å². The quantitative estimate of drug-likeness (QED) is 0.670. The van der Waals surface area contributed by atoms with Crippen molar-refractivity contribution >= 4 is 32.8 Å². The van der Waals surface area contributed by atoms with Gasteiger partial charge in [-0.2, -0.15) is 5.10 Å². The minimum absolute atomic E-state index is 0.0806. The van der Waals surface area contributed by atoms with Crippen molar-refractivity contribution < 1.29 is 8.42 Å². The van der Waals surface area contributed by atoms with Crippen LogP contribution in [0.2, 0.25) is 0 Å². The molecule has 1 aromatic heterocycles. The van der Waals surface area contributed by atoms with E-state index in [1.807, 2.05) is 24.4 Å². The van der Waals surface area contributed by atoms with Crippen LogP contribution in [-0.4, -0.2) is 14.1 Å². The first kappa shape index (κ1) is 13.7. The summed E-state index contributed by atoms with van der Waals surface area (Å²) in [6, 6.07) is 10.0. The maximum atomic E-state index is 11.1. The van der Waals surface area contributed by atoms with Gasteiger partial charge in [0.1, 0.15) is 0 Å². The van der Waals surface area contributed by atoms with Gasteiger partial charge in [0.15, 0.2) is 0 Å². The summed E-state index contributed by atoms with van der Waals surface area (Å²) >= 11 is 1.61. The van der Waals surface area contributed by atoms with Crippen LogP contribution < -0.4 is 10.6 Å². The third kappa shape index (κ3) is 3.63. The third-order valence-electron chi connectivity index (χ3n) is 2.41. The van der Waals surface area contributed by atoms with Gasteiger partial charge in [-0.15, -0.1) is 11.3 Å². The number of rotatable bonds is 4. The number of hydrazone groups is 1. The van der Waals surface area contributed by atoms with Crippen LogP contribution in [0.15, 0.2) is 51.8 Å². The molecule has 7 heteroatoms. The van der Waals surface area contributed by atoms with Gasteiger partial charge in [0.25, 0.3) is 0 Å². The monoisotopic (exact) mass is 295 g/mol. The van der Waals surface area contributed by atoms with E-state index in [1.165, 1.54) is 12.1 Å². The minimum Gasteiger partial charge on any atom is -0.278 e. The van der Waals surface area contributed by atoms with Crippen molar-refractivity contribution in [2.75, 3.05) is 5.43 Å². The molecule has 0 aliphatic heterocycles. The summed E-state index contributed by atoms with van der Waals surface area (Å²) < 4.78 is 22.2. The summed E-state index contributed by atoms with van der Waals surface area (Å²) in [5.74, 6) is 0. The van der Waals surface area contributed by atoms with E-state index in [1.54, 1.807) is 23.5 Å². The zero-order chi connectivity index (χ0) is 13.9. The molecule has 1 aromatic carbocycles. The molecular weight excluding hydrogens is 282 g/mol. The molecule has 5 nitrogen and oxygen atoms in total. The fourth-order valence-corrected chi connectivity index (χ4v) is 2.60. The van der Waals surface area contributed by atoms with Gasteiger partial charge in [0, 0.05) is 4.88 Å². The van der Waals surface area contributed by atoms with Crippen LogP contribution in [-0.2, 0) is 10.0 Å². The summed E-state index contributed by atoms with van der Waals surface area (Å²) in [5.41, 5.74) is 4.43. The predicted octanol–water partition coefficient (Wildman–Crippen LogP) is 2.23. The number of thiophene rings is 1. The number of primary sulfonamides is 1. The van der Waals surface area contributed by atoms with Gasteiger partial charge in [-0.1, -0.05) is 6.07 Å². The molecular formula is C12H13N3O2S2. The lowest BCUT2D eigenvalue weighted by atomic mass is 10.3. The van der Waals surface area contributed by atoms with E-state index in [-0.39, 0.29) is 4.90 Å². The van der Waals surface area contributed by atoms with Crippen molar-refractivity contribution in [3.8, 4) is 0 Å². The Hall–Kier alpha value is -1.70. The van der Waals surface area contributed by atoms with Crippen LogP contribution in [0.5, 0.6) is 0 Å². The smallest absolute Gasteiger partial charge is 0.238 e. The van der Waals surface area contributed by atoms with Crippen molar-refractivity contribution in [3.05, 3.63) is 46.7 Å². The van der Waals surface area contributed by atoms with Crippen LogP contribution in [0.25, 0.3) is 0 Å². The molecule has 19 heavy (non-hydrogen) atoms. The molecule has 0 spiro atoms. The fourth-order valence-electron chi connectivity index (χ4n) is 1.41. The highest BCUT2D eigenvalue weighted by molar-refractivity contribution is 7.89. The van der Waals surface area contributed by atoms with Crippen molar-refractivity contribution in [2.45, 2.75) is 11.8 Å². The maximum absolute atomic E-state index is 11.1. The van der Waals surface area contributed by atoms with Crippen LogP contribution in [0.4, 0.5) is 5.69 Å². The van der Waals surface area contributed by atoms with Crippen molar-refractivity contribution in [1.29, 1.82) is 0 Å². The number of hydrogen-bond acceptors (Lipinski definition) is 5. The molecule has 0 bridgehead atoms. The highest BCUT2D eigenvalue weighted by atomic mass is 32.2. The largest absolute Gasteiger partial charge is 0.278 e. The van der Waals surface area contributed by atoms with Crippen LogP contribution in [0.1, 0.15) is 11.8 Å². The molecule has 0 amide bonds. The van der Waals surface area contributed by atoms with Gasteiger partial charge in [0.2, 0.25) is 10.0 Å². The number of nitrogens with two attached hydrogens (primary N) is 1. The normalized spacial score (nSPS) is 12.4. The Labute approximate surface area is 115 Å². The summed E-state index contributed by atoms with van der Waals surface area (Å²) in [7, 11) is -3.65. The summed E-state index contributed by atoms with van der Waals surface area (Å²) in [6.07, 6.45) is 0. The first-order valence-corrected chi connectivity index (χ1v) is 7.86. The second-order valence-corrected chi connectivity index (χ2v) is 6.36. The molecule has 2 rings (SSSR count).